The third-order valence-corrected chi connectivity index (χ3v) is 4.69. The van der Waals surface area contributed by atoms with Gasteiger partial charge in [-0.3, -0.25) is 0 Å². The zero-order chi connectivity index (χ0) is 14.6. The summed E-state index contributed by atoms with van der Waals surface area (Å²) in [6.07, 6.45) is 0.325. The molecule has 6 heteroatoms. The molecule has 0 spiro atoms. The van der Waals surface area contributed by atoms with Crippen LogP contribution in [0, 0.1) is 18.7 Å². The van der Waals surface area contributed by atoms with Crippen LogP contribution in [0.15, 0.2) is 23.1 Å². The number of nitrogens with one attached hydrogen (secondary N) is 1. The molecule has 0 aliphatic carbocycles. The summed E-state index contributed by atoms with van der Waals surface area (Å²) in [6.45, 7) is 5.05. The van der Waals surface area contributed by atoms with Crippen LogP contribution in [0.1, 0.15) is 25.8 Å². The van der Waals surface area contributed by atoms with Crippen LogP contribution in [0.5, 0.6) is 0 Å². The number of sulfonamides is 1. The number of benzene rings is 1. The lowest BCUT2D eigenvalue weighted by Gasteiger charge is -2.22. The van der Waals surface area contributed by atoms with E-state index in [4.69, 9.17) is 5.11 Å². The first-order valence-corrected chi connectivity index (χ1v) is 7.66. The van der Waals surface area contributed by atoms with E-state index in [0.29, 0.717) is 6.42 Å². The van der Waals surface area contributed by atoms with Crippen molar-refractivity contribution in [3.8, 4) is 0 Å². The molecule has 19 heavy (non-hydrogen) atoms. The summed E-state index contributed by atoms with van der Waals surface area (Å²) < 4.78 is 40.4. The van der Waals surface area contributed by atoms with E-state index in [0.717, 1.165) is 0 Å². The molecule has 0 saturated heterocycles. The minimum absolute atomic E-state index is 0.0378. The van der Waals surface area contributed by atoms with E-state index in [9.17, 15) is 12.8 Å². The van der Waals surface area contributed by atoms with Gasteiger partial charge in [-0.2, -0.15) is 0 Å². The molecule has 0 aliphatic heterocycles. The number of hydrogen-bond acceptors (Lipinski definition) is 3. The summed E-state index contributed by atoms with van der Waals surface area (Å²) in [5.41, 5.74) is 0.0986. The highest BCUT2D eigenvalue weighted by atomic mass is 32.2. The van der Waals surface area contributed by atoms with Crippen molar-refractivity contribution < 1.29 is 17.9 Å². The molecule has 4 nitrogen and oxygen atoms in total. The predicted octanol–water partition coefficient (Wildman–Crippen LogP) is 1.82. The van der Waals surface area contributed by atoms with Crippen molar-refractivity contribution in [1.82, 2.24) is 4.72 Å². The average molecular weight is 289 g/mol. The van der Waals surface area contributed by atoms with Gasteiger partial charge in [-0.05, 0) is 31.4 Å². The molecule has 1 aromatic rings. The Morgan fingerprint density at radius 2 is 2.00 bits per heavy atom. The second kappa shape index (κ2) is 6.45. The molecule has 0 heterocycles. The molecule has 0 fully saturated rings. The maximum Gasteiger partial charge on any atom is 0.241 e. The lowest BCUT2D eigenvalue weighted by atomic mass is 10.0. The van der Waals surface area contributed by atoms with Gasteiger partial charge in [-0.25, -0.2) is 17.5 Å². The second-order valence-electron chi connectivity index (χ2n) is 4.85. The highest BCUT2D eigenvalue weighted by Gasteiger charge is 2.24. The Kier molecular flexibility index (Phi) is 5.46. The van der Waals surface area contributed by atoms with Crippen molar-refractivity contribution in [2.45, 2.75) is 38.1 Å². The topological polar surface area (TPSA) is 66.4 Å². The Bertz CT molecular complexity index is 529. The van der Waals surface area contributed by atoms with Crippen molar-refractivity contribution in [2.75, 3.05) is 6.61 Å². The quantitative estimate of drug-likeness (QED) is 0.839. The van der Waals surface area contributed by atoms with Gasteiger partial charge in [0.15, 0.2) is 0 Å². The van der Waals surface area contributed by atoms with Crippen molar-refractivity contribution in [1.29, 1.82) is 0 Å². The Labute approximate surface area is 113 Å². The van der Waals surface area contributed by atoms with Crippen LogP contribution in [0.3, 0.4) is 0 Å². The van der Waals surface area contributed by atoms with E-state index >= 15 is 0 Å². The van der Waals surface area contributed by atoms with Gasteiger partial charge in [-0.1, -0.05) is 19.9 Å². The van der Waals surface area contributed by atoms with Crippen LogP contribution in [-0.4, -0.2) is 26.2 Å². The number of aliphatic hydroxyl groups excluding tert-OH is 1. The molecule has 0 saturated carbocycles. The van der Waals surface area contributed by atoms with Crippen molar-refractivity contribution >= 4 is 10.0 Å². The molecule has 2 N–H and O–H groups in total. The first-order chi connectivity index (χ1) is 8.79. The standard InChI is InChI=1S/C13H20FNO3S/c1-9(2)12(7-8-16)15-19(17,18)13-6-4-5-11(14)10(13)3/h4-6,9,12,15-16H,7-8H2,1-3H3. The van der Waals surface area contributed by atoms with E-state index in [1.807, 2.05) is 13.8 Å². The molecular weight excluding hydrogens is 269 g/mol. The summed E-state index contributed by atoms with van der Waals surface area (Å²) >= 11 is 0. The van der Waals surface area contributed by atoms with Gasteiger partial charge in [0.2, 0.25) is 10.0 Å². The summed E-state index contributed by atoms with van der Waals surface area (Å²) in [4.78, 5) is -0.0592. The maximum absolute atomic E-state index is 13.4. The van der Waals surface area contributed by atoms with Gasteiger partial charge >= 0.3 is 0 Å². The van der Waals surface area contributed by atoms with Crippen molar-refractivity contribution in [3.05, 3.63) is 29.6 Å². The number of hydrogen-bond donors (Lipinski definition) is 2. The Morgan fingerprint density at radius 1 is 1.37 bits per heavy atom. The van der Waals surface area contributed by atoms with Gasteiger partial charge in [0.05, 0.1) is 4.90 Å². The molecule has 1 unspecified atom stereocenters. The lowest BCUT2D eigenvalue weighted by Crippen LogP contribution is -2.39. The third kappa shape index (κ3) is 3.99. The third-order valence-electron chi connectivity index (χ3n) is 3.06. The van der Waals surface area contributed by atoms with Crippen LogP contribution in [-0.2, 0) is 10.0 Å². The van der Waals surface area contributed by atoms with E-state index in [1.165, 1.54) is 25.1 Å². The van der Waals surface area contributed by atoms with Gasteiger partial charge in [0.25, 0.3) is 0 Å². The Balaban J connectivity index is 3.07. The minimum atomic E-state index is -3.78. The minimum Gasteiger partial charge on any atom is -0.396 e. The van der Waals surface area contributed by atoms with E-state index in [1.54, 1.807) is 0 Å². The maximum atomic E-state index is 13.4. The van der Waals surface area contributed by atoms with Gasteiger partial charge in [0, 0.05) is 18.2 Å². The average Bonchev–Trinajstić information content (AvgIpc) is 2.31. The van der Waals surface area contributed by atoms with Crippen LogP contribution in [0.2, 0.25) is 0 Å². The second-order valence-corrected chi connectivity index (χ2v) is 6.53. The fourth-order valence-electron chi connectivity index (χ4n) is 1.81. The monoisotopic (exact) mass is 289 g/mol. The fourth-order valence-corrected chi connectivity index (χ4v) is 3.48. The van der Waals surface area contributed by atoms with E-state index < -0.39 is 15.8 Å². The highest BCUT2D eigenvalue weighted by molar-refractivity contribution is 7.89. The molecule has 0 radical (unpaired) electrons. The fraction of sp³-hybridized carbons (Fsp3) is 0.538. The molecule has 1 aromatic carbocycles. The first-order valence-electron chi connectivity index (χ1n) is 6.18. The zero-order valence-electron chi connectivity index (χ0n) is 11.4. The normalized spacial score (nSPS) is 13.8. The molecule has 0 aromatic heterocycles. The molecule has 1 rings (SSSR count). The number of halogens is 1. The largest absolute Gasteiger partial charge is 0.396 e. The van der Waals surface area contributed by atoms with Gasteiger partial charge in [-0.15, -0.1) is 0 Å². The smallest absolute Gasteiger partial charge is 0.241 e. The molecule has 0 aliphatic rings. The number of rotatable bonds is 6. The van der Waals surface area contributed by atoms with Crippen LogP contribution < -0.4 is 4.72 Å². The van der Waals surface area contributed by atoms with Crippen LogP contribution in [0.4, 0.5) is 4.39 Å². The zero-order valence-corrected chi connectivity index (χ0v) is 12.2. The Morgan fingerprint density at radius 3 is 2.53 bits per heavy atom. The van der Waals surface area contributed by atoms with Crippen molar-refractivity contribution in [3.63, 3.8) is 0 Å². The van der Waals surface area contributed by atoms with Crippen LogP contribution in [0.25, 0.3) is 0 Å². The summed E-state index contributed by atoms with van der Waals surface area (Å²) in [5.74, 6) is -0.512. The lowest BCUT2D eigenvalue weighted by molar-refractivity contribution is 0.256. The molecule has 108 valence electrons. The van der Waals surface area contributed by atoms with Gasteiger partial charge < -0.3 is 5.11 Å². The number of aliphatic hydroxyl groups is 1. The molecule has 0 amide bonds. The van der Waals surface area contributed by atoms with Crippen molar-refractivity contribution in [2.24, 2.45) is 5.92 Å². The molecule has 0 bridgehead atoms. The van der Waals surface area contributed by atoms with E-state index in [-0.39, 0.29) is 29.0 Å². The van der Waals surface area contributed by atoms with Gasteiger partial charge in [0.1, 0.15) is 5.82 Å². The SMILES string of the molecule is Cc1c(F)cccc1S(=O)(=O)NC(CCO)C(C)C. The highest BCUT2D eigenvalue weighted by Crippen LogP contribution is 2.19. The first kappa shape index (κ1) is 16.1. The summed E-state index contributed by atoms with van der Waals surface area (Å²) in [5, 5.41) is 8.96. The Hall–Kier alpha value is -0.980. The van der Waals surface area contributed by atoms with Crippen LogP contribution >= 0.6 is 0 Å². The molecular formula is C13H20FNO3S. The van der Waals surface area contributed by atoms with E-state index in [2.05, 4.69) is 4.72 Å². The predicted molar refractivity (Wildman–Crippen MR) is 71.8 cm³/mol. The summed E-state index contributed by atoms with van der Waals surface area (Å²) in [6, 6.07) is 3.59. The summed E-state index contributed by atoms with van der Waals surface area (Å²) in [7, 11) is -3.78. The molecule has 1 atom stereocenters.